The van der Waals surface area contributed by atoms with Crippen LogP contribution in [0.1, 0.15) is 39.2 Å². The average molecular weight is 279 g/mol. The van der Waals surface area contributed by atoms with E-state index in [1.807, 2.05) is 38.1 Å². The number of ether oxygens (including phenoxy) is 2. The lowest BCUT2D eigenvalue weighted by atomic mass is 9.88. The molecule has 0 radical (unpaired) electrons. The van der Waals surface area contributed by atoms with Crippen molar-refractivity contribution in [3.63, 3.8) is 0 Å². The van der Waals surface area contributed by atoms with Crippen LogP contribution in [-0.4, -0.2) is 26.2 Å². The highest BCUT2D eigenvalue weighted by Gasteiger charge is 2.29. The van der Waals surface area contributed by atoms with Gasteiger partial charge in [-0.25, -0.2) is 0 Å². The normalized spacial score (nSPS) is 13.6. The molecule has 0 aliphatic rings. The Balaban J connectivity index is 2.92. The van der Waals surface area contributed by atoms with Gasteiger partial charge >= 0.3 is 5.97 Å². The topological polar surface area (TPSA) is 47.6 Å². The van der Waals surface area contributed by atoms with Crippen LogP contribution in [0.4, 0.5) is 0 Å². The van der Waals surface area contributed by atoms with Crippen molar-refractivity contribution in [3.8, 4) is 5.75 Å². The molecule has 0 saturated carbocycles. The van der Waals surface area contributed by atoms with Gasteiger partial charge in [0, 0.05) is 0 Å². The summed E-state index contributed by atoms with van der Waals surface area (Å²) >= 11 is 0. The fraction of sp³-hybridized carbons (Fsp3) is 0.562. The number of methoxy groups -OCH3 is 1. The lowest BCUT2D eigenvalue weighted by molar-refractivity contribution is -0.144. The summed E-state index contributed by atoms with van der Waals surface area (Å²) in [6.07, 6.45) is 1.32. The van der Waals surface area contributed by atoms with Gasteiger partial charge in [0.2, 0.25) is 0 Å². The Bertz CT molecular complexity index is 416. The largest absolute Gasteiger partial charge is 0.497 e. The van der Waals surface area contributed by atoms with Gasteiger partial charge in [-0.1, -0.05) is 19.1 Å². The molecule has 0 spiro atoms. The van der Waals surface area contributed by atoms with E-state index in [4.69, 9.17) is 9.47 Å². The van der Waals surface area contributed by atoms with Crippen molar-refractivity contribution in [2.75, 3.05) is 20.3 Å². The van der Waals surface area contributed by atoms with E-state index in [1.165, 1.54) is 0 Å². The molecule has 0 amide bonds. The molecule has 112 valence electrons. The van der Waals surface area contributed by atoms with Crippen molar-refractivity contribution in [3.05, 3.63) is 29.8 Å². The maximum atomic E-state index is 11.8. The molecule has 0 aliphatic carbocycles. The number of nitrogens with one attached hydrogen (secondary N) is 1. The molecule has 0 saturated heterocycles. The Morgan fingerprint density at radius 3 is 2.40 bits per heavy atom. The number of carbonyl (C=O) groups is 1. The van der Waals surface area contributed by atoms with Gasteiger partial charge in [-0.2, -0.15) is 0 Å². The first-order chi connectivity index (χ1) is 9.55. The Labute approximate surface area is 121 Å². The number of benzene rings is 1. The number of carbonyl (C=O) groups excluding carboxylic acids is 1. The molecule has 0 aliphatic heterocycles. The van der Waals surface area contributed by atoms with Crippen LogP contribution in [0.25, 0.3) is 0 Å². The lowest BCUT2D eigenvalue weighted by Gasteiger charge is -2.31. The molecule has 1 atom stereocenters. The summed E-state index contributed by atoms with van der Waals surface area (Å²) in [5.41, 5.74) is 0.633. The van der Waals surface area contributed by atoms with Crippen LogP contribution in [-0.2, 0) is 15.1 Å². The quantitative estimate of drug-likeness (QED) is 0.743. The number of hydrogen-bond acceptors (Lipinski definition) is 4. The van der Waals surface area contributed by atoms with Crippen molar-refractivity contribution in [1.82, 2.24) is 5.32 Å². The van der Waals surface area contributed by atoms with Crippen molar-refractivity contribution in [2.45, 2.75) is 39.2 Å². The molecule has 1 unspecified atom stereocenters. The molecule has 0 heterocycles. The van der Waals surface area contributed by atoms with Crippen LogP contribution in [0, 0.1) is 0 Å². The van der Waals surface area contributed by atoms with E-state index in [2.05, 4.69) is 12.2 Å². The van der Waals surface area contributed by atoms with Crippen LogP contribution in [0.5, 0.6) is 5.75 Å². The zero-order chi connectivity index (χ0) is 15.0. The molecule has 1 aromatic carbocycles. The summed E-state index contributed by atoms with van der Waals surface area (Å²) in [6, 6.07) is 7.79. The van der Waals surface area contributed by atoms with Gasteiger partial charge in [0.05, 0.1) is 25.7 Å². The highest BCUT2D eigenvalue weighted by Crippen LogP contribution is 2.27. The minimum atomic E-state index is -0.422. The molecule has 1 aromatic rings. The molecule has 20 heavy (non-hydrogen) atoms. The summed E-state index contributed by atoms with van der Waals surface area (Å²) in [4.78, 5) is 11.8. The first-order valence-corrected chi connectivity index (χ1v) is 7.11. The summed E-state index contributed by atoms with van der Waals surface area (Å²) in [7, 11) is 1.64. The molecule has 0 aromatic heterocycles. The molecule has 4 nitrogen and oxygen atoms in total. The summed E-state index contributed by atoms with van der Waals surface area (Å²) in [5.74, 6) is 0.622. The molecule has 0 bridgehead atoms. The second-order valence-electron chi connectivity index (χ2n) is 4.97. The maximum Gasteiger partial charge on any atom is 0.307 e. The first-order valence-electron chi connectivity index (χ1n) is 7.11. The van der Waals surface area contributed by atoms with Crippen LogP contribution < -0.4 is 10.1 Å². The van der Waals surface area contributed by atoms with Gasteiger partial charge in [-0.05, 0) is 44.5 Å². The van der Waals surface area contributed by atoms with Crippen LogP contribution in [0.2, 0.25) is 0 Å². The minimum Gasteiger partial charge on any atom is -0.497 e. The van der Waals surface area contributed by atoms with Crippen molar-refractivity contribution < 1.29 is 14.3 Å². The molecular weight excluding hydrogens is 254 g/mol. The Morgan fingerprint density at radius 1 is 1.25 bits per heavy atom. The Morgan fingerprint density at radius 2 is 1.90 bits per heavy atom. The maximum absolute atomic E-state index is 11.8. The van der Waals surface area contributed by atoms with Gasteiger partial charge in [0.15, 0.2) is 0 Å². The fourth-order valence-electron chi connectivity index (χ4n) is 2.13. The van der Waals surface area contributed by atoms with Crippen molar-refractivity contribution >= 4 is 5.97 Å². The Hall–Kier alpha value is -1.55. The van der Waals surface area contributed by atoms with Crippen LogP contribution >= 0.6 is 0 Å². The van der Waals surface area contributed by atoms with Gasteiger partial charge in [-0.3, -0.25) is 4.79 Å². The third kappa shape index (κ3) is 4.53. The van der Waals surface area contributed by atoms with Gasteiger partial charge in [0.1, 0.15) is 5.75 Å². The zero-order valence-corrected chi connectivity index (χ0v) is 12.9. The number of hydrogen-bond donors (Lipinski definition) is 1. The summed E-state index contributed by atoms with van der Waals surface area (Å²) < 4.78 is 10.3. The van der Waals surface area contributed by atoms with E-state index in [-0.39, 0.29) is 5.97 Å². The summed E-state index contributed by atoms with van der Waals surface area (Å²) in [5, 5.41) is 3.45. The van der Waals surface area contributed by atoms with E-state index in [0.29, 0.717) is 13.0 Å². The number of rotatable bonds is 8. The van der Waals surface area contributed by atoms with Crippen molar-refractivity contribution in [1.29, 1.82) is 0 Å². The first kappa shape index (κ1) is 16.5. The second kappa shape index (κ2) is 7.90. The highest BCUT2D eigenvalue weighted by molar-refractivity contribution is 5.71. The fourth-order valence-corrected chi connectivity index (χ4v) is 2.13. The average Bonchev–Trinajstić information content (AvgIpc) is 2.45. The molecule has 0 fully saturated rings. The highest BCUT2D eigenvalue weighted by atomic mass is 16.5. The predicted octanol–water partition coefficient (Wildman–Crippen LogP) is 2.86. The van der Waals surface area contributed by atoms with E-state index in [9.17, 15) is 4.79 Å². The monoisotopic (exact) mass is 279 g/mol. The molecule has 1 N–H and O–H groups in total. The number of esters is 1. The van der Waals surface area contributed by atoms with E-state index in [0.717, 1.165) is 24.3 Å². The van der Waals surface area contributed by atoms with Gasteiger partial charge in [0.25, 0.3) is 0 Å². The van der Waals surface area contributed by atoms with E-state index in [1.54, 1.807) is 7.11 Å². The van der Waals surface area contributed by atoms with E-state index < -0.39 is 5.54 Å². The predicted molar refractivity (Wildman–Crippen MR) is 79.9 cm³/mol. The lowest BCUT2D eigenvalue weighted by Crippen LogP contribution is -2.42. The zero-order valence-electron chi connectivity index (χ0n) is 12.9. The summed E-state index contributed by atoms with van der Waals surface area (Å²) in [6.45, 7) is 7.21. The van der Waals surface area contributed by atoms with Gasteiger partial charge < -0.3 is 14.8 Å². The second-order valence-corrected chi connectivity index (χ2v) is 4.97. The third-order valence-electron chi connectivity index (χ3n) is 3.30. The standard InChI is InChI=1S/C16H25NO3/c1-5-11-17-16(3,12-15(18)20-6-2)13-7-9-14(19-4)10-8-13/h7-10,17H,5-6,11-12H2,1-4H3. The Kier molecular flexibility index (Phi) is 6.52. The SMILES string of the molecule is CCCNC(C)(CC(=O)OCC)c1ccc(OC)cc1. The van der Waals surface area contributed by atoms with Gasteiger partial charge in [-0.15, -0.1) is 0 Å². The minimum absolute atomic E-state index is 0.186. The molecule has 1 rings (SSSR count). The molecule has 4 heteroatoms. The molecular formula is C16H25NO3. The smallest absolute Gasteiger partial charge is 0.307 e. The van der Waals surface area contributed by atoms with Crippen LogP contribution in [0.15, 0.2) is 24.3 Å². The van der Waals surface area contributed by atoms with Crippen LogP contribution in [0.3, 0.4) is 0 Å². The van der Waals surface area contributed by atoms with Crippen molar-refractivity contribution in [2.24, 2.45) is 0 Å². The van der Waals surface area contributed by atoms with E-state index >= 15 is 0 Å². The third-order valence-corrected chi connectivity index (χ3v) is 3.30.